The van der Waals surface area contributed by atoms with Crippen molar-refractivity contribution in [2.75, 3.05) is 0 Å². The molecule has 3 heterocycles. The predicted molar refractivity (Wildman–Crippen MR) is 152 cm³/mol. The third-order valence-corrected chi connectivity index (χ3v) is 14.5. The average Bonchev–Trinajstić information content (AvgIpc) is 2.99. The largest absolute Gasteiger partial charge is 0.512 e. The molecule has 0 unspecified atom stereocenters. The third-order valence-electron chi connectivity index (χ3n) is 7.41. The number of allylic oxidation sites excluding steroid dienone is 2. The number of hydrogen-bond acceptors (Lipinski definition) is 3. The number of ketones is 1. The number of rotatable bonds is 1. The molecule has 2 aliphatic heterocycles. The molecule has 185 valence electrons. The first-order valence-corrected chi connectivity index (χ1v) is 18.0. The molecule has 3 aromatic carbocycles. The molecule has 6 heteroatoms. The topological polar surface area (TPSA) is 50.2 Å². The van der Waals surface area contributed by atoms with Crippen molar-refractivity contribution >= 4 is 53.5 Å². The Morgan fingerprint density at radius 1 is 0.889 bits per heavy atom. The summed E-state index contributed by atoms with van der Waals surface area (Å²) in [6, 6.07) is 23.9. The summed E-state index contributed by atoms with van der Waals surface area (Å²) in [6.07, 6.45) is 3.22. The first-order chi connectivity index (χ1) is 16.5. The fourth-order valence-electron chi connectivity index (χ4n) is 5.89. The number of aromatic nitrogens is 1. The van der Waals surface area contributed by atoms with Crippen molar-refractivity contribution in [3.8, 4) is 22.4 Å². The summed E-state index contributed by atoms with van der Waals surface area (Å²) >= 11 is 0. The predicted octanol–water partition coefficient (Wildman–Crippen LogP) is 4.68. The van der Waals surface area contributed by atoms with Gasteiger partial charge in [0.05, 0.1) is 13.8 Å². The molecular formula is C30H30IrNO2Si2-. The van der Waals surface area contributed by atoms with Crippen molar-refractivity contribution in [1.29, 1.82) is 0 Å². The van der Waals surface area contributed by atoms with Gasteiger partial charge < -0.3 is 10.1 Å². The Hall–Kier alpha value is -2.64. The van der Waals surface area contributed by atoms with E-state index in [0.29, 0.717) is 0 Å². The van der Waals surface area contributed by atoms with E-state index in [1.165, 1.54) is 58.3 Å². The summed E-state index contributed by atoms with van der Waals surface area (Å²) in [6.45, 7) is 12.9. The van der Waals surface area contributed by atoms with Crippen molar-refractivity contribution in [2.45, 2.75) is 40.0 Å². The van der Waals surface area contributed by atoms with E-state index < -0.39 is 16.1 Å². The molecule has 3 nitrogen and oxygen atoms in total. The number of benzene rings is 3. The van der Waals surface area contributed by atoms with Crippen molar-refractivity contribution in [3.05, 3.63) is 78.7 Å². The minimum atomic E-state index is -1.97. The summed E-state index contributed by atoms with van der Waals surface area (Å²) in [5, 5.41) is 17.2. The Balaban J connectivity index is 0.000000338. The molecule has 0 aliphatic carbocycles. The van der Waals surface area contributed by atoms with Crippen molar-refractivity contribution in [3.63, 3.8) is 0 Å². The molecule has 2 aliphatic rings. The van der Waals surface area contributed by atoms with Crippen LogP contribution in [-0.4, -0.2) is 32.0 Å². The Morgan fingerprint density at radius 3 is 2.17 bits per heavy atom. The maximum atomic E-state index is 10.0. The Kier molecular flexibility index (Phi) is 6.86. The SMILES string of the molecule is CC(=O)/C=C(/C)O.C[Si]1(C)c2cc[c-]c3c2-c2c1cccc2[Si](C)(C)c1c-3ncc2ccccc12.[Ir]. The van der Waals surface area contributed by atoms with E-state index in [1.807, 2.05) is 0 Å². The standard InChI is InChI=1S/C25H22NSi2.C5H8O2.Ir/c1-27(2)19-12-7-11-18-22(19)23-20(27)13-8-14-21(23)28(3,4)25-17-10-6-5-9-16(17)15-26-24(18)25;1-4(6)3-5(2)7;/h5-10,12-15H,1-4H3;3,6H,1-2H3;/q-1;;/b;4-3-;. The molecule has 1 aromatic heterocycles. The Bertz CT molecular complexity index is 1550. The zero-order valence-corrected chi connectivity index (χ0v) is 25.9. The zero-order valence-electron chi connectivity index (χ0n) is 21.5. The molecule has 4 aromatic rings. The van der Waals surface area contributed by atoms with Gasteiger partial charge in [0, 0.05) is 32.4 Å². The van der Waals surface area contributed by atoms with Crippen LogP contribution in [0.5, 0.6) is 0 Å². The molecule has 0 bridgehead atoms. The molecule has 0 amide bonds. The summed E-state index contributed by atoms with van der Waals surface area (Å²) in [4.78, 5) is 15.1. The van der Waals surface area contributed by atoms with Gasteiger partial charge in [0.2, 0.25) is 0 Å². The molecule has 0 saturated carbocycles. The van der Waals surface area contributed by atoms with Crippen LogP contribution in [-0.2, 0) is 24.9 Å². The van der Waals surface area contributed by atoms with Crippen LogP contribution in [0.1, 0.15) is 13.8 Å². The number of aliphatic hydroxyl groups excluding tert-OH is 1. The summed E-state index contributed by atoms with van der Waals surface area (Å²) in [7, 11) is -3.65. The van der Waals surface area contributed by atoms with E-state index in [-0.39, 0.29) is 31.6 Å². The molecule has 6 rings (SSSR count). The van der Waals surface area contributed by atoms with Gasteiger partial charge in [-0.25, -0.2) is 0 Å². The smallest absolute Gasteiger partial charge is 0.155 e. The average molecular weight is 685 g/mol. The summed E-state index contributed by atoms with van der Waals surface area (Å²) in [5.74, 6) is -0.0625. The van der Waals surface area contributed by atoms with Crippen LogP contribution in [0, 0.1) is 6.07 Å². The van der Waals surface area contributed by atoms with Crippen LogP contribution < -0.4 is 20.7 Å². The second-order valence-electron chi connectivity index (χ2n) is 10.6. The van der Waals surface area contributed by atoms with Gasteiger partial charge in [-0.05, 0) is 30.3 Å². The van der Waals surface area contributed by atoms with Gasteiger partial charge in [-0.1, -0.05) is 95.3 Å². The Morgan fingerprint density at radius 2 is 1.53 bits per heavy atom. The number of carbonyl (C=O) groups is 1. The van der Waals surface area contributed by atoms with Gasteiger partial charge >= 0.3 is 0 Å². The fraction of sp³-hybridized carbons (Fsp3) is 0.200. The number of pyridine rings is 1. The summed E-state index contributed by atoms with van der Waals surface area (Å²) in [5.41, 5.74) is 5.36. The number of nitrogens with zero attached hydrogens (tertiary/aromatic N) is 1. The van der Waals surface area contributed by atoms with Gasteiger partial charge in [-0.2, -0.15) is 0 Å². The van der Waals surface area contributed by atoms with Crippen molar-refractivity contribution in [2.24, 2.45) is 0 Å². The van der Waals surface area contributed by atoms with E-state index in [2.05, 4.69) is 93.0 Å². The monoisotopic (exact) mass is 685 g/mol. The van der Waals surface area contributed by atoms with Crippen LogP contribution in [0.25, 0.3) is 33.2 Å². The Labute approximate surface area is 228 Å². The van der Waals surface area contributed by atoms with E-state index in [4.69, 9.17) is 10.1 Å². The van der Waals surface area contributed by atoms with Gasteiger partial charge in [0.1, 0.15) is 8.07 Å². The van der Waals surface area contributed by atoms with Crippen LogP contribution in [0.2, 0.25) is 26.2 Å². The van der Waals surface area contributed by atoms with Gasteiger partial charge in [0.15, 0.2) is 5.78 Å². The van der Waals surface area contributed by atoms with Gasteiger partial charge in [0.25, 0.3) is 0 Å². The van der Waals surface area contributed by atoms with Crippen molar-refractivity contribution in [1.82, 2.24) is 4.98 Å². The minimum Gasteiger partial charge on any atom is -0.512 e. The molecule has 1 radical (unpaired) electrons. The number of hydrogen-bond donors (Lipinski definition) is 1. The first-order valence-electron chi connectivity index (χ1n) is 12.0. The van der Waals surface area contributed by atoms with Crippen LogP contribution >= 0.6 is 0 Å². The molecular weight excluding hydrogens is 655 g/mol. The van der Waals surface area contributed by atoms with Crippen LogP contribution in [0.15, 0.2) is 72.6 Å². The van der Waals surface area contributed by atoms with E-state index in [0.717, 1.165) is 0 Å². The van der Waals surface area contributed by atoms with Gasteiger partial charge in [-0.3, -0.25) is 4.79 Å². The third kappa shape index (κ3) is 3.97. The zero-order chi connectivity index (χ0) is 25.1. The normalized spacial score (nSPS) is 15.6. The van der Waals surface area contributed by atoms with Crippen LogP contribution in [0.4, 0.5) is 0 Å². The molecule has 36 heavy (non-hydrogen) atoms. The number of fused-ring (bicyclic) bond motifs is 4. The molecule has 0 spiro atoms. The summed E-state index contributed by atoms with van der Waals surface area (Å²) < 4.78 is 0. The van der Waals surface area contributed by atoms with E-state index in [1.54, 1.807) is 15.6 Å². The molecule has 1 N–H and O–H groups in total. The second kappa shape index (κ2) is 9.35. The first kappa shape index (κ1) is 26.4. The maximum absolute atomic E-state index is 10.0. The van der Waals surface area contributed by atoms with Crippen molar-refractivity contribution < 1.29 is 30.0 Å². The van der Waals surface area contributed by atoms with Gasteiger partial charge in [-0.15, -0.1) is 28.9 Å². The number of aliphatic hydroxyl groups is 1. The fourth-order valence-corrected chi connectivity index (χ4v) is 12.4. The maximum Gasteiger partial charge on any atom is 0.155 e. The molecule has 0 fully saturated rings. The molecule has 0 atom stereocenters. The van der Waals surface area contributed by atoms with E-state index >= 15 is 0 Å². The quantitative estimate of drug-likeness (QED) is 0.137. The van der Waals surface area contributed by atoms with E-state index in [9.17, 15) is 4.79 Å². The van der Waals surface area contributed by atoms with Crippen LogP contribution in [0.3, 0.4) is 0 Å². The minimum absolute atomic E-state index is 0. The number of carbonyl (C=O) groups excluding carboxylic acids is 1. The molecule has 0 saturated heterocycles. The second-order valence-corrected chi connectivity index (χ2v) is 19.2.